The standard InChI is InChI=1S/C12H17N5/c1-10(2)5-14-6-11-7-16-12(8-15-11)17-4-3-13-9-17/h3-4,7-10,14H,5-6H2,1-2H3. The molecule has 2 heterocycles. The fourth-order valence-corrected chi connectivity index (χ4v) is 1.46. The molecule has 2 rings (SSSR count). The number of imidazole rings is 1. The molecule has 0 aliphatic carbocycles. The lowest BCUT2D eigenvalue weighted by Gasteiger charge is -2.07. The van der Waals surface area contributed by atoms with E-state index in [1.165, 1.54) is 0 Å². The summed E-state index contributed by atoms with van der Waals surface area (Å²) in [6.07, 6.45) is 8.83. The number of hydrogen-bond donors (Lipinski definition) is 1. The topological polar surface area (TPSA) is 55.6 Å². The SMILES string of the molecule is CC(C)CNCc1cnc(-n2ccnc2)cn1. The molecule has 0 unspecified atom stereocenters. The summed E-state index contributed by atoms with van der Waals surface area (Å²) in [5.74, 6) is 1.43. The quantitative estimate of drug-likeness (QED) is 0.845. The summed E-state index contributed by atoms with van der Waals surface area (Å²) in [6.45, 7) is 6.11. The first-order valence-electron chi connectivity index (χ1n) is 5.75. The van der Waals surface area contributed by atoms with Crippen molar-refractivity contribution in [2.45, 2.75) is 20.4 Å². The lowest BCUT2D eigenvalue weighted by Crippen LogP contribution is -2.19. The normalized spacial score (nSPS) is 11.0. The van der Waals surface area contributed by atoms with Crippen LogP contribution in [0.2, 0.25) is 0 Å². The van der Waals surface area contributed by atoms with Crippen LogP contribution in [0, 0.1) is 5.92 Å². The molecule has 0 aliphatic rings. The Bertz CT molecular complexity index is 432. The summed E-state index contributed by atoms with van der Waals surface area (Å²) < 4.78 is 1.83. The van der Waals surface area contributed by atoms with Crippen molar-refractivity contribution in [3.05, 3.63) is 36.8 Å². The Morgan fingerprint density at radius 2 is 2.18 bits per heavy atom. The highest BCUT2D eigenvalue weighted by atomic mass is 15.1. The summed E-state index contributed by atoms with van der Waals surface area (Å²) >= 11 is 0. The van der Waals surface area contributed by atoms with E-state index in [0.29, 0.717) is 5.92 Å². The fraction of sp³-hybridized carbons (Fsp3) is 0.417. The van der Waals surface area contributed by atoms with Crippen LogP contribution < -0.4 is 5.32 Å². The molecule has 0 fully saturated rings. The van der Waals surface area contributed by atoms with Crippen LogP contribution in [0.3, 0.4) is 0 Å². The number of nitrogens with one attached hydrogen (secondary N) is 1. The Hall–Kier alpha value is -1.75. The zero-order chi connectivity index (χ0) is 12.1. The van der Waals surface area contributed by atoms with E-state index in [-0.39, 0.29) is 0 Å². The minimum Gasteiger partial charge on any atom is -0.311 e. The average molecular weight is 231 g/mol. The van der Waals surface area contributed by atoms with Crippen molar-refractivity contribution in [1.82, 2.24) is 24.8 Å². The monoisotopic (exact) mass is 231 g/mol. The molecular formula is C12H17N5. The molecule has 0 saturated carbocycles. The van der Waals surface area contributed by atoms with Gasteiger partial charge in [0, 0.05) is 18.9 Å². The van der Waals surface area contributed by atoms with Crippen LogP contribution in [-0.4, -0.2) is 26.1 Å². The molecule has 17 heavy (non-hydrogen) atoms. The molecule has 0 saturated heterocycles. The maximum atomic E-state index is 4.36. The van der Waals surface area contributed by atoms with Crippen molar-refractivity contribution < 1.29 is 0 Å². The van der Waals surface area contributed by atoms with Gasteiger partial charge in [-0.2, -0.15) is 0 Å². The van der Waals surface area contributed by atoms with Gasteiger partial charge in [-0.1, -0.05) is 13.8 Å². The van der Waals surface area contributed by atoms with E-state index in [1.54, 1.807) is 24.9 Å². The Morgan fingerprint density at radius 3 is 2.76 bits per heavy atom. The molecule has 2 aromatic rings. The predicted molar refractivity (Wildman–Crippen MR) is 65.7 cm³/mol. The number of aromatic nitrogens is 4. The van der Waals surface area contributed by atoms with Crippen molar-refractivity contribution >= 4 is 0 Å². The Morgan fingerprint density at radius 1 is 1.29 bits per heavy atom. The Kier molecular flexibility index (Phi) is 3.82. The molecule has 0 amide bonds. The second-order valence-corrected chi connectivity index (χ2v) is 4.36. The van der Waals surface area contributed by atoms with Gasteiger partial charge in [0.05, 0.1) is 18.1 Å². The fourth-order valence-electron chi connectivity index (χ4n) is 1.46. The molecule has 0 aliphatic heterocycles. The number of hydrogen-bond acceptors (Lipinski definition) is 4. The average Bonchev–Trinajstić information content (AvgIpc) is 2.83. The van der Waals surface area contributed by atoms with Crippen LogP contribution in [-0.2, 0) is 6.54 Å². The van der Waals surface area contributed by atoms with Gasteiger partial charge in [-0.05, 0) is 12.5 Å². The first-order chi connectivity index (χ1) is 8.25. The third-order valence-corrected chi connectivity index (χ3v) is 2.32. The molecule has 1 N–H and O–H groups in total. The summed E-state index contributed by atoms with van der Waals surface area (Å²) in [5, 5.41) is 3.33. The van der Waals surface area contributed by atoms with Crippen molar-refractivity contribution in [2.24, 2.45) is 5.92 Å². The Labute approximate surface area is 101 Å². The van der Waals surface area contributed by atoms with Crippen LogP contribution in [0.25, 0.3) is 5.82 Å². The van der Waals surface area contributed by atoms with E-state index in [9.17, 15) is 0 Å². The van der Waals surface area contributed by atoms with Gasteiger partial charge in [-0.3, -0.25) is 9.55 Å². The third kappa shape index (κ3) is 3.35. The first kappa shape index (κ1) is 11.7. The van der Waals surface area contributed by atoms with E-state index in [2.05, 4.69) is 34.1 Å². The molecule has 0 spiro atoms. The van der Waals surface area contributed by atoms with E-state index in [0.717, 1.165) is 24.6 Å². The maximum Gasteiger partial charge on any atom is 0.156 e. The van der Waals surface area contributed by atoms with Crippen LogP contribution in [0.5, 0.6) is 0 Å². The summed E-state index contributed by atoms with van der Waals surface area (Å²) in [4.78, 5) is 12.7. The largest absolute Gasteiger partial charge is 0.311 e. The van der Waals surface area contributed by atoms with Gasteiger partial charge in [0.15, 0.2) is 5.82 Å². The highest BCUT2D eigenvalue weighted by Crippen LogP contribution is 2.01. The van der Waals surface area contributed by atoms with E-state index < -0.39 is 0 Å². The molecule has 0 aromatic carbocycles. The van der Waals surface area contributed by atoms with E-state index in [4.69, 9.17) is 0 Å². The van der Waals surface area contributed by atoms with Crippen LogP contribution in [0.15, 0.2) is 31.1 Å². The van der Waals surface area contributed by atoms with Crippen molar-refractivity contribution in [2.75, 3.05) is 6.54 Å². The zero-order valence-corrected chi connectivity index (χ0v) is 10.2. The van der Waals surface area contributed by atoms with E-state index >= 15 is 0 Å². The van der Waals surface area contributed by atoms with Crippen molar-refractivity contribution in [1.29, 1.82) is 0 Å². The van der Waals surface area contributed by atoms with Gasteiger partial charge in [-0.15, -0.1) is 0 Å². The highest BCUT2D eigenvalue weighted by Gasteiger charge is 2.00. The summed E-state index contributed by atoms with van der Waals surface area (Å²) in [6, 6.07) is 0. The van der Waals surface area contributed by atoms with Gasteiger partial charge >= 0.3 is 0 Å². The lowest BCUT2D eigenvalue weighted by atomic mass is 10.2. The molecular weight excluding hydrogens is 214 g/mol. The maximum absolute atomic E-state index is 4.36. The molecule has 5 heteroatoms. The molecule has 2 aromatic heterocycles. The van der Waals surface area contributed by atoms with Crippen molar-refractivity contribution in [3.63, 3.8) is 0 Å². The highest BCUT2D eigenvalue weighted by molar-refractivity contribution is 5.18. The third-order valence-electron chi connectivity index (χ3n) is 2.32. The number of nitrogens with zero attached hydrogens (tertiary/aromatic N) is 4. The Balaban J connectivity index is 1.94. The molecule has 0 atom stereocenters. The van der Waals surface area contributed by atoms with E-state index in [1.807, 2.05) is 10.8 Å². The lowest BCUT2D eigenvalue weighted by molar-refractivity contribution is 0.547. The van der Waals surface area contributed by atoms with Crippen LogP contribution in [0.1, 0.15) is 19.5 Å². The van der Waals surface area contributed by atoms with Gasteiger partial charge in [0.1, 0.15) is 6.33 Å². The smallest absolute Gasteiger partial charge is 0.156 e. The van der Waals surface area contributed by atoms with Crippen LogP contribution >= 0.6 is 0 Å². The first-order valence-corrected chi connectivity index (χ1v) is 5.75. The van der Waals surface area contributed by atoms with Gasteiger partial charge < -0.3 is 5.32 Å². The second kappa shape index (κ2) is 5.54. The van der Waals surface area contributed by atoms with Gasteiger partial charge in [0.25, 0.3) is 0 Å². The minimum atomic E-state index is 0.646. The number of rotatable bonds is 5. The van der Waals surface area contributed by atoms with Crippen LogP contribution in [0.4, 0.5) is 0 Å². The van der Waals surface area contributed by atoms with Gasteiger partial charge in [0.2, 0.25) is 0 Å². The van der Waals surface area contributed by atoms with Gasteiger partial charge in [-0.25, -0.2) is 9.97 Å². The second-order valence-electron chi connectivity index (χ2n) is 4.36. The molecule has 0 radical (unpaired) electrons. The molecule has 90 valence electrons. The predicted octanol–water partition coefficient (Wildman–Crippen LogP) is 1.41. The zero-order valence-electron chi connectivity index (χ0n) is 10.2. The molecule has 5 nitrogen and oxygen atoms in total. The van der Waals surface area contributed by atoms with Crippen molar-refractivity contribution in [3.8, 4) is 5.82 Å². The summed E-state index contributed by atoms with van der Waals surface area (Å²) in [7, 11) is 0. The summed E-state index contributed by atoms with van der Waals surface area (Å²) in [5.41, 5.74) is 0.953. The minimum absolute atomic E-state index is 0.646. The molecule has 0 bridgehead atoms.